The number of nitrogens with zero attached hydrogens (tertiary/aromatic N) is 2. The van der Waals surface area contributed by atoms with Crippen molar-refractivity contribution in [1.82, 2.24) is 0 Å². The van der Waals surface area contributed by atoms with Gasteiger partial charge >= 0.3 is 0 Å². The highest BCUT2D eigenvalue weighted by Gasteiger charge is 2.73. The average Bonchev–Trinajstić information content (AvgIpc) is 3.63. The van der Waals surface area contributed by atoms with Crippen molar-refractivity contribution >= 4 is 28.3 Å². The fourth-order valence-electron chi connectivity index (χ4n) is 7.40. The minimum atomic E-state index is -0.708. The number of carbonyl (C=O) groups is 2. The maximum atomic E-state index is 14.0. The number of hydrogen-bond donors (Lipinski definition) is 0. The molecule has 3 aromatic carbocycles. The molecule has 37 heavy (non-hydrogen) atoms. The topological polar surface area (TPSA) is 79.6 Å². The maximum Gasteiger partial charge on any atom is 0.240 e. The first-order valence-corrected chi connectivity index (χ1v) is 13.2. The second kappa shape index (κ2) is 7.90. The zero-order valence-corrected chi connectivity index (χ0v) is 20.8. The van der Waals surface area contributed by atoms with E-state index in [2.05, 4.69) is 18.2 Å². The van der Waals surface area contributed by atoms with Gasteiger partial charge in [0.05, 0.1) is 47.0 Å². The molecule has 3 aliphatic heterocycles. The van der Waals surface area contributed by atoms with Crippen molar-refractivity contribution in [2.45, 2.75) is 56.7 Å². The molecule has 1 aliphatic carbocycles. The molecule has 0 saturated carbocycles. The van der Waals surface area contributed by atoms with E-state index in [4.69, 9.17) is 9.47 Å². The molecule has 0 N–H and O–H groups in total. The van der Waals surface area contributed by atoms with Gasteiger partial charge in [-0.2, -0.15) is 5.26 Å². The number of aryl methyl sites for hydroxylation is 2. The Hall–Kier alpha value is -3.69. The number of ether oxygens (including phenoxy) is 2. The first-order valence-electron chi connectivity index (χ1n) is 13.2. The molecule has 0 spiro atoms. The Morgan fingerprint density at radius 2 is 1.78 bits per heavy atom. The number of nitriles is 1. The van der Waals surface area contributed by atoms with Crippen molar-refractivity contribution in [1.29, 1.82) is 5.26 Å². The lowest BCUT2D eigenvalue weighted by molar-refractivity contribution is -0.131. The van der Waals surface area contributed by atoms with E-state index >= 15 is 0 Å². The third kappa shape index (κ3) is 3.13. The highest BCUT2D eigenvalue weighted by molar-refractivity contribution is 6.26. The van der Waals surface area contributed by atoms with E-state index in [0.717, 1.165) is 42.2 Å². The van der Waals surface area contributed by atoms with Gasteiger partial charge in [0.2, 0.25) is 11.8 Å². The maximum absolute atomic E-state index is 14.0. The van der Waals surface area contributed by atoms with Gasteiger partial charge in [-0.1, -0.05) is 30.3 Å². The molecule has 2 amide bonds. The summed E-state index contributed by atoms with van der Waals surface area (Å²) in [4.78, 5) is 29.2. The molecule has 4 unspecified atom stereocenters. The number of rotatable bonds is 5. The van der Waals surface area contributed by atoms with Crippen LogP contribution in [0.15, 0.2) is 54.6 Å². The summed E-state index contributed by atoms with van der Waals surface area (Å²) in [6, 6.07) is 19.4. The van der Waals surface area contributed by atoms with Gasteiger partial charge in [0.15, 0.2) is 0 Å². The summed E-state index contributed by atoms with van der Waals surface area (Å²) in [5.74, 6) is -0.592. The van der Waals surface area contributed by atoms with Crippen molar-refractivity contribution in [3.63, 3.8) is 0 Å². The van der Waals surface area contributed by atoms with E-state index in [1.165, 1.54) is 22.4 Å². The lowest BCUT2D eigenvalue weighted by atomic mass is 9.67. The van der Waals surface area contributed by atoms with Gasteiger partial charge in [-0.3, -0.25) is 9.59 Å². The second-order valence-electron chi connectivity index (χ2n) is 11.1. The highest BCUT2D eigenvalue weighted by atomic mass is 16.5. The van der Waals surface area contributed by atoms with E-state index in [1.807, 2.05) is 37.3 Å². The largest absolute Gasteiger partial charge is 0.493 e. The molecule has 6 heteroatoms. The van der Waals surface area contributed by atoms with Gasteiger partial charge in [-0.25, -0.2) is 4.90 Å². The van der Waals surface area contributed by atoms with E-state index in [1.54, 1.807) is 12.1 Å². The van der Waals surface area contributed by atoms with Crippen LogP contribution in [0.25, 0.3) is 10.8 Å². The predicted octanol–water partition coefficient (Wildman–Crippen LogP) is 5.10. The second-order valence-corrected chi connectivity index (χ2v) is 11.1. The van der Waals surface area contributed by atoms with Gasteiger partial charge in [0.1, 0.15) is 5.75 Å². The van der Waals surface area contributed by atoms with Crippen molar-refractivity contribution in [2.75, 3.05) is 11.5 Å². The van der Waals surface area contributed by atoms with E-state index in [-0.39, 0.29) is 11.8 Å². The number of imide groups is 1. The number of benzene rings is 3. The van der Waals surface area contributed by atoms with E-state index < -0.39 is 23.0 Å². The monoisotopic (exact) mass is 492 g/mol. The van der Waals surface area contributed by atoms with Crippen LogP contribution < -0.4 is 9.64 Å². The summed E-state index contributed by atoms with van der Waals surface area (Å²) in [7, 11) is 0. The van der Waals surface area contributed by atoms with Crippen LogP contribution >= 0.6 is 0 Å². The smallest absolute Gasteiger partial charge is 0.240 e. The van der Waals surface area contributed by atoms with Crippen LogP contribution in [0.2, 0.25) is 0 Å². The summed E-state index contributed by atoms with van der Waals surface area (Å²) < 4.78 is 12.7. The van der Waals surface area contributed by atoms with Crippen molar-refractivity contribution in [2.24, 2.45) is 11.8 Å². The number of anilines is 1. The first kappa shape index (κ1) is 22.5. The zero-order valence-electron chi connectivity index (χ0n) is 20.8. The van der Waals surface area contributed by atoms with Gasteiger partial charge < -0.3 is 9.47 Å². The third-order valence-corrected chi connectivity index (χ3v) is 9.14. The Morgan fingerprint density at radius 1 is 1.00 bits per heavy atom. The summed E-state index contributed by atoms with van der Waals surface area (Å²) in [5.41, 5.74) is 2.47. The lowest BCUT2D eigenvalue weighted by Crippen LogP contribution is -2.43. The Bertz CT molecular complexity index is 1520. The van der Waals surface area contributed by atoms with Crippen LogP contribution in [0.3, 0.4) is 0 Å². The summed E-state index contributed by atoms with van der Waals surface area (Å²) >= 11 is 0. The SMILES string of the molecule is CC12CCC(CCOc3ccc4c(c3)CCC4)(O1)C1C(=O)N(c3ccc(C#N)c4ccccc34)C(=O)C12. The normalized spacial score (nSPS) is 29.6. The number of amides is 2. The summed E-state index contributed by atoms with van der Waals surface area (Å²) in [5, 5.41) is 11.0. The minimum Gasteiger partial charge on any atom is -0.493 e. The molecule has 0 radical (unpaired) electrons. The van der Waals surface area contributed by atoms with Gasteiger partial charge in [0.25, 0.3) is 0 Å². The molecule has 2 bridgehead atoms. The Kier molecular flexibility index (Phi) is 4.81. The van der Waals surface area contributed by atoms with Crippen LogP contribution in [0, 0.1) is 23.2 Å². The van der Waals surface area contributed by atoms with Crippen molar-refractivity contribution in [3.05, 3.63) is 71.3 Å². The fourth-order valence-corrected chi connectivity index (χ4v) is 7.40. The average molecular weight is 493 g/mol. The number of hydrogen-bond acceptors (Lipinski definition) is 5. The quantitative estimate of drug-likeness (QED) is 0.463. The predicted molar refractivity (Wildman–Crippen MR) is 138 cm³/mol. The van der Waals surface area contributed by atoms with Crippen LogP contribution in [0.4, 0.5) is 5.69 Å². The number of fused-ring (bicyclic) bond motifs is 7. The Morgan fingerprint density at radius 3 is 2.62 bits per heavy atom. The first-order chi connectivity index (χ1) is 17.9. The molecular weight excluding hydrogens is 464 g/mol. The van der Waals surface area contributed by atoms with Gasteiger partial charge in [-0.15, -0.1) is 0 Å². The van der Waals surface area contributed by atoms with Crippen molar-refractivity contribution in [3.8, 4) is 11.8 Å². The molecule has 0 aromatic heterocycles. The summed E-state index contributed by atoms with van der Waals surface area (Å²) in [6.07, 6.45) is 5.46. The molecule has 6 nitrogen and oxygen atoms in total. The fraction of sp³-hybridized carbons (Fsp3) is 0.387. The zero-order chi connectivity index (χ0) is 25.4. The van der Waals surface area contributed by atoms with Crippen LogP contribution in [-0.2, 0) is 27.2 Å². The number of carbonyl (C=O) groups excluding carboxylic acids is 2. The highest BCUT2D eigenvalue weighted by Crippen LogP contribution is 2.62. The molecule has 3 fully saturated rings. The molecule has 4 atom stereocenters. The van der Waals surface area contributed by atoms with Gasteiger partial charge in [0, 0.05) is 17.2 Å². The standard InChI is InChI=1S/C31H28N2O4/c1-30-13-14-31(37-30,15-16-36-22-11-9-19-5-4-6-20(19)17-22)27-26(30)28(34)33(29(27)35)25-12-10-21(18-32)23-7-2-3-8-24(23)25/h2-3,7-12,17,26-27H,4-6,13-16H2,1H3. The summed E-state index contributed by atoms with van der Waals surface area (Å²) in [6.45, 7) is 2.41. The molecule has 7 rings (SSSR count). The van der Waals surface area contributed by atoms with Crippen molar-refractivity contribution < 1.29 is 19.1 Å². The molecular formula is C31H28N2O4. The van der Waals surface area contributed by atoms with Crippen LogP contribution in [0.5, 0.6) is 5.75 Å². The van der Waals surface area contributed by atoms with E-state index in [0.29, 0.717) is 24.3 Å². The van der Waals surface area contributed by atoms with E-state index in [9.17, 15) is 14.9 Å². The lowest BCUT2D eigenvalue weighted by Gasteiger charge is -2.31. The Balaban J connectivity index is 1.19. The van der Waals surface area contributed by atoms with Gasteiger partial charge in [-0.05, 0) is 74.4 Å². The van der Waals surface area contributed by atoms with Crippen LogP contribution in [0.1, 0.15) is 49.3 Å². The molecule has 3 aromatic rings. The molecule has 3 heterocycles. The van der Waals surface area contributed by atoms with Crippen LogP contribution in [-0.4, -0.2) is 29.6 Å². The molecule has 186 valence electrons. The third-order valence-electron chi connectivity index (χ3n) is 9.14. The Labute approximate surface area is 215 Å². The minimum absolute atomic E-state index is 0.200. The molecule has 4 aliphatic rings. The molecule has 3 saturated heterocycles.